The minimum atomic E-state index is -4.16. The normalized spacial score (nSPS) is 12.3. The summed E-state index contributed by atoms with van der Waals surface area (Å²) in [5.41, 5.74) is 0.756. The zero-order valence-corrected chi connectivity index (χ0v) is 11.9. The van der Waals surface area contributed by atoms with Crippen molar-refractivity contribution in [3.63, 3.8) is 0 Å². The molecule has 6 nitrogen and oxygen atoms in total. The highest BCUT2D eigenvalue weighted by Crippen LogP contribution is 2.19. The Morgan fingerprint density at radius 2 is 1.95 bits per heavy atom. The fourth-order valence-corrected chi connectivity index (χ4v) is 3.07. The second kappa shape index (κ2) is 5.83. The number of aryl methyl sites for hydroxylation is 1. The Morgan fingerprint density at radius 1 is 1.32 bits per heavy atom. The molecular formula is C11H14O6S2. The lowest BCUT2D eigenvalue weighted by molar-refractivity contribution is 0.357. The van der Waals surface area contributed by atoms with Gasteiger partial charge in [0.25, 0.3) is 20.2 Å². The second-order valence-corrected chi connectivity index (χ2v) is 6.91. The maximum atomic E-state index is 11.7. The van der Waals surface area contributed by atoms with E-state index >= 15 is 0 Å². The van der Waals surface area contributed by atoms with Gasteiger partial charge in [0.2, 0.25) is 0 Å². The summed E-state index contributed by atoms with van der Waals surface area (Å²) in [6.45, 7) is 4.75. The predicted molar refractivity (Wildman–Crippen MR) is 69.8 cm³/mol. The lowest BCUT2D eigenvalue weighted by atomic mass is 10.1. The highest BCUT2D eigenvalue weighted by Gasteiger charge is 2.17. The highest BCUT2D eigenvalue weighted by atomic mass is 32.2. The first-order valence-electron chi connectivity index (χ1n) is 5.21. The molecule has 1 rings (SSSR count). The van der Waals surface area contributed by atoms with E-state index in [2.05, 4.69) is 10.8 Å². The van der Waals surface area contributed by atoms with Crippen molar-refractivity contribution in [3.8, 4) is 0 Å². The first kappa shape index (κ1) is 15.8. The molecule has 0 aliphatic rings. The van der Waals surface area contributed by atoms with Gasteiger partial charge in [-0.1, -0.05) is 12.1 Å². The molecule has 0 aliphatic heterocycles. The summed E-state index contributed by atoms with van der Waals surface area (Å²) in [6, 6.07) is 3.85. The zero-order valence-electron chi connectivity index (χ0n) is 10.2. The molecule has 1 aromatic rings. The van der Waals surface area contributed by atoms with Crippen LogP contribution >= 0.6 is 0 Å². The van der Waals surface area contributed by atoms with E-state index in [4.69, 9.17) is 4.55 Å². The SMILES string of the molecule is C=CCOS(=O)(=O)c1ccc(CS(=O)(=O)O)c(C)c1. The van der Waals surface area contributed by atoms with Crippen molar-refractivity contribution in [1.29, 1.82) is 0 Å². The average Bonchev–Trinajstić information content (AvgIpc) is 2.27. The molecule has 0 amide bonds. The van der Waals surface area contributed by atoms with Gasteiger partial charge in [0, 0.05) is 0 Å². The van der Waals surface area contributed by atoms with Crippen LogP contribution in [-0.4, -0.2) is 28.0 Å². The molecule has 1 aromatic carbocycles. The van der Waals surface area contributed by atoms with Crippen LogP contribution in [0.15, 0.2) is 35.7 Å². The number of benzene rings is 1. The maximum absolute atomic E-state index is 11.7. The van der Waals surface area contributed by atoms with Crippen LogP contribution in [-0.2, 0) is 30.2 Å². The third-order valence-corrected chi connectivity index (χ3v) is 4.24. The Hall–Kier alpha value is -1.22. The van der Waals surface area contributed by atoms with Gasteiger partial charge in [-0.3, -0.25) is 8.74 Å². The number of rotatable bonds is 6. The van der Waals surface area contributed by atoms with Crippen LogP contribution in [0.5, 0.6) is 0 Å². The van der Waals surface area contributed by atoms with E-state index in [-0.39, 0.29) is 11.5 Å². The van der Waals surface area contributed by atoms with Crippen LogP contribution in [0.2, 0.25) is 0 Å². The highest BCUT2D eigenvalue weighted by molar-refractivity contribution is 7.86. The minimum absolute atomic E-state index is 0.0778. The summed E-state index contributed by atoms with van der Waals surface area (Å²) in [7, 11) is -8.04. The van der Waals surface area contributed by atoms with Gasteiger partial charge in [-0.15, -0.1) is 6.58 Å². The fraction of sp³-hybridized carbons (Fsp3) is 0.273. The van der Waals surface area contributed by atoms with Crippen LogP contribution in [0.25, 0.3) is 0 Å². The summed E-state index contributed by atoms with van der Waals surface area (Å²) < 4.78 is 58.4. The first-order valence-corrected chi connectivity index (χ1v) is 8.22. The van der Waals surface area contributed by atoms with Gasteiger partial charge in [-0.05, 0) is 30.2 Å². The molecule has 0 bridgehead atoms. The van der Waals surface area contributed by atoms with Crippen molar-refractivity contribution in [2.24, 2.45) is 0 Å². The van der Waals surface area contributed by atoms with E-state index in [9.17, 15) is 16.8 Å². The summed E-state index contributed by atoms with van der Waals surface area (Å²) in [5.74, 6) is -0.563. The molecule has 0 fully saturated rings. The largest absolute Gasteiger partial charge is 0.297 e. The van der Waals surface area contributed by atoms with E-state index in [0.29, 0.717) is 11.1 Å². The monoisotopic (exact) mass is 306 g/mol. The van der Waals surface area contributed by atoms with Crippen LogP contribution in [0, 0.1) is 6.92 Å². The molecular weight excluding hydrogens is 292 g/mol. The van der Waals surface area contributed by atoms with Crippen molar-refractivity contribution in [2.75, 3.05) is 6.61 Å². The quantitative estimate of drug-likeness (QED) is 0.483. The maximum Gasteiger partial charge on any atom is 0.297 e. The molecule has 106 valence electrons. The molecule has 1 N–H and O–H groups in total. The predicted octanol–water partition coefficient (Wildman–Crippen LogP) is 1.27. The molecule has 0 saturated carbocycles. The van der Waals surface area contributed by atoms with Crippen LogP contribution in [0.4, 0.5) is 0 Å². The van der Waals surface area contributed by atoms with E-state index < -0.39 is 26.0 Å². The van der Waals surface area contributed by atoms with Crippen LogP contribution in [0.3, 0.4) is 0 Å². The molecule has 0 saturated heterocycles. The van der Waals surface area contributed by atoms with Gasteiger partial charge in [-0.25, -0.2) is 0 Å². The Kier molecular flexibility index (Phi) is 4.86. The standard InChI is InChI=1S/C11H14O6S2/c1-3-6-17-19(15,16)11-5-4-10(9(2)7-11)8-18(12,13)14/h3-5,7H,1,6,8H2,2H3,(H,12,13,14). The molecule has 8 heteroatoms. The van der Waals surface area contributed by atoms with Crippen molar-refractivity contribution >= 4 is 20.2 Å². The lowest BCUT2D eigenvalue weighted by Crippen LogP contribution is -2.08. The number of hydrogen-bond donors (Lipinski definition) is 1. The number of hydrogen-bond acceptors (Lipinski definition) is 5. The van der Waals surface area contributed by atoms with Crippen LogP contribution < -0.4 is 0 Å². The van der Waals surface area contributed by atoms with E-state index in [1.165, 1.54) is 24.3 Å². The van der Waals surface area contributed by atoms with Crippen molar-refractivity contribution in [3.05, 3.63) is 42.0 Å². The third kappa shape index (κ3) is 4.75. The summed E-state index contributed by atoms with van der Waals surface area (Å²) >= 11 is 0. The Balaban J connectivity index is 3.10. The Labute approximate surface area is 112 Å². The first-order chi connectivity index (χ1) is 8.65. The molecule has 0 spiro atoms. The Bertz CT molecular complexity index is 673. The zero-order chi connectivity index (χ0) is 14.7. The third-order valence-electron chi connectivity index (χ3n) is 2.28. The smallest absolute Gasteiger partial charge is 0.285 e. The van der Waals surface area contributed by atoms with Gasteiger partial charge in [-0.2, -0.15) is 16.8 Å². The van der Waals surface area contributed by atoms with Gasteiger partial charge in [0.1, 0.15) is 5.75 Å². The van der Waals surface area contributed by atoms with Gasteiger partial charge >= 0.3 is 0 Å². The van der Waals surface area contributed by atoms with Gasteiger partial charge < -0.3 is 0 Å². The molecule has 0 aliphatic carbocycles. The molecule has 0 aromatic heterocycles. The van der Waals surface area contributed by atoms with Gasteiger partial charge in [0.05, 0.1) is 11.5 Å². The fourth-order valence-electron chi connectivity index (χ4n) is 1.39. The molecule has 0 atom stereocenters. The Morgan fingerprint density at radius 3 is 2.42 bits per heavy atom. The molecule has 0 unspecified atom stereocenters. The van der Waals surface area contributed by atoms with E-state index in [1.807, 2.05) is 0 Å². The van der Waals surface area contributed by atoms with E-state index in [1.54, 1.807) is 6.92 Å². The second-order valence-electron chi connectivity index (χ2n) is 3.84. The lowest BCUT2D eigenvalue weighted by Gasteiger charge is -2.08. The van der Waals surface area contributed by atoms with Crippen molar-refractivity contribution < 1.29 is 25.6 Å². The summed E-state index contributed by atoms with van der Waals surface area (Å²) in [6.07, 6.45) is 1.30. The van der Waals surface area contributed by atoms with Gasteiger partial charge in [0.15, 0.2) is 0 Å². The molecule has 0 radical (unpaired) electrons. The van der Waals surface area contributed by atoms with E-state index in [0.717, 1.165) is 0 Å². The summed E-state index contributed by atoms with van der Waals surface area (Å²) in [4.78, 5) is -0.0778. The topological polar surface area (TPSA) is 97.7 Å². The minimum Gasteiger partial charge on any atom is -0.285 e. The molecule has 0 heterocycles. The van der Waals surface area contributed by atoms with Crippen molar-refractivity contribution in [1.82, 2.24) is 0 Å². The van der Waals surface area contributed by atoms with Crippen molar-refractivity contribution in [2.45, 2.75) is 17.6 Å². The summed E-state index contributed by atoms with van der Waals surface area (Å²) in [5, 5.41) is 0. The average molecular weight is 306 g/mol. The van der Waals surface area contributed by atoms with Crippen LogP contribution in [0.1, 0.15) is 11.1 Å². The molecule has 19 heavy (non-hydrogen) atoms.